The van der Waals surface area contributed by atoms with Crippen LogP contribution in [0.5, 0.6) is 0 Å². The maximum Gasteiger partial charge on any atom is 1.00 e. The monoisotopic (exact) mass is 262 g/mol. The summed E-state index contributed by atoms with van der Waals surface area (Å²) in [5.41, 5.74) is 0. The van der Waals surface area contributed by atoms with E-state index in [9.17, 15) is 0 Å². The van der Waals surface area contributed by atoms with E-state index in [4.69, 9.17) is 9.96 Å². The summed E-state index contributed by atoms with van der Waals surface area (Å²) >= 11 is 0. The van der Waals surface area contributed by atoms with Crippen LogP contribution >= 0.6 is 0 Å². The Morgan fingerprint density at radius 3 is 0.733 bits per heavy atom. The Kier molecular flexibility index (Phi) is 9920. The summed E-state index contributed by atoms with van der Waals surface area (Å²) in [6, 6.07) is 0. The molecule has 0 saturated carbocycles. The van der Waals surface area contributed by atoms with Crippen LogP contribution in [0.1, 0.15) is 0 Å². The summed E-state index contributed by atoms with van der Waals surface area (Å²) in [5.74, 6) is 0. The molecule has 0 aromatic carbocycles. The van der Waals surface area contributed by atoms with Crippen LogP contribution in [-0.4, -0.2) is 62.1 Å². The van der Waals surface area contributed by atoms with Gasteiger partial charge in [-0.05, 0) is 0 Å². The van der Waals surface area contributed by atoms with Gasteiger partial charge in [0.15, 0.2) is 0 Å². The summed E-state index contributed by atoms with van der Waals surface area (Å²) in [7, 11) is -0.181. The average molecular weight is 262 g/mol. The Balaban J connectivity index is -0.000000000818. The van der Waals surface area contributed by atoms with Gasteiger partial charge < -0.3 is 54.8 Å². The van der Waals surface area contributed by atoms with Crippen LogP contribution in [0, 0.1) is 0 Å². The molecule has 0 amide bonds. The topological polar surface area (TPSA) is 364 Å². The Morgan fingerprint density at radius 2 is 0.733 bits per heavy atom. The van der Waals surface area contributed by atoms with E-state index in [1.165, 1.54) is 0 Å². The van der Waals surface area contributed by atoms with E-state index >= 15 is 0 Å². The minimum Gasteiger partial charge on any atom is 1.00 e. The second kappa shape index (κ2) is 503. The van der Waals surface area contributed by atoms with Gasteiger partial charge in [-0.25, -0.2) is 0 Å². The quantitative estimate of drug-likeness (QED) is 0.252. The largest absolute Gasteiger partial charge is 1.00 e. The van der Waals surface area contributed by atoms with Gasteiger partial charge in [0.1, 0.15) is 0 Å². The molecule has 0 aromatic heterocycles. The molecule has 0 aliphatic rings. The summed E-state index contributed by atoms with van der Waals surface area (Å²) < 4.78 is 8.64. The molecule has 0 radical (unpaired) electrons. The van der Waals surface area contributed by atoms with Crippen molar-refractivity contribution in [3.05, 3.63) is 0 Å². The van der Waals surface area contributed by atoms with E-state index in [0.717, 1.165) is 0 Å². The molecule has 0 rings (SSSR count). The first-order valence-corrected chi connectivity index (χ1v) is 0.638. The molecule has 0 fully saturated rings. The minimum atomic E-state index is -0.181. The van der Waals surface area contributed by atoms with Crippen LogP contribution in [0.3, 0.4) is 0 Å². The Labute approximate surface area is 107 Å². The standard InChI is InChI=1S/BHO3.Na.10H2O/c2-1-4-3;;;;;;;;;;;/h3H;;10*1H2/q;+1;;;;;;;;;;/p-1. The second-order valence-electron chi connectivity index (χ2n) is 0.192. The van der Waals surface area contributed by atoms with Crippen molar-refractivity contribution in [2.24, 2.45) is 0 Å². The van der Waals surface area contributed by atoms with Crippen LogP contribution in [0.4, 0.5) is 0 Å². The van der Waals surface area contributed by atoms with Gasteiger partial charge in [-0.3, -0.25) is 0 Å². The fraction of sp³-hybridized carbons (Fsp3) is 0. The van der Waals surface area contributed by atoms with Gasteiger partial charge in [0.2, 0.25) is 0 Å². The van der Waals surface area contributed by atoms with Gasteiger partial charge >= 0.3 is 51.7 Å². The van der Waals surface area contributed by atoms with Crippen molar-refractivity contribution in [3.8, 4) is 0 Å². The molecule has 0 spiro atoms. The molecule has 0 atom stereocenters. The van der Waals surface area contributed by atoms with Crippen molar-refractivity contribution in [2.45, 2.75) is 0 Å². The van der Waals surface area contributed by atoms with Gasteiger partial charge in [-0.15, -0.1) is 0 Å². The number of hydrogen-bond donors (Lipinski definition) is 0. The summed E-state index contributed by atoms with van der Waals surface area (Å²) in [6.45, 7) is 0. The van der Waals surface area contributed by atoms with Crippen molar-refractivity contribution < 1.29 is 99.1 Å². The smallest absolute Gasteiger partial charge is 1.00 e. The Hall–Kier alpha value is 0.225. The van der Waals surface area contributed by atoms with Crippen LogP contribution in [0.25, 0.3) is 0 Å². The second-order valence-corrected chi connectivity index (χ2v) is 0.192. The van der Waals surface area contributed by atoms with E-state index in [0.29, 0.717) is 0 Å². The van der Waals surface area contributed by atoms with Crippen LogP contribution in [0.2, 0.25) is 0 Å². The molecule has 0 heterocycles. The van der Waals surface area contributed by atoms with E-state index < -0.39 is 0 Å². The third kappa shape index (κ3) is 1420. The maximum atomic E-state index is 8.64. The fourth-order valence-corrected chi connectivity index (χ4v) is 0. The average Bonchev–Trinajstić information content (AvgIpc) is 1.37. The minimum absolute atomic E-state index is 0. The molecular formula is H20BNaO13. The maximum absolute atomic E-state index is 8.64. The first-order valence-electron chi connectivity index (χ1n) is 0.638. The molecule has 15 heteroatoms. The summed E-state index contributed by atoms with van der Waals surface area (Å²) in [5, 5.41) is 8.43. The fourth-order valence-electron chi connectivity index (χ4n) is 0. The first-order chi connectivity index (χ1) is 1.91. The molecule has 15 heavy (non-hydrogen) atoms. The third-order valence-corrected chi connectivity index (χ3v) is 0.0393. The zero-order chi connectivity index (χ0) is 3.41. The van der Waals surface area contributed by atoms with Gasteiger partial charge in [0.25, 0.3) is 0 Å². The summed E-state index contributed by atoms with van der Waals surface area (Å²) in [4.78, 5) is 2.61. The molecule has 0 bridgehead atoms. The van der Waals surface area contributed by atoms with Crippen molar-refractivity contribution in [2.75, 3.05) is 0 Å². The molecule has 0 saturated heterocycles. The Bertz CT molecular complexity index is 24.5. The van der Waals surface area contributed by atoms with Gasteiger partial charge in [-0.1, -0.05) is 0 Å². The predicted molar refractivity (Wildman–Crippen MR) is 43.7 cm³/mol. The van der Waals surface area contributed by atoms with Crippen molar-refractivity contribution >= 4 is 7.35 Å². The van der Waals surface area contributed by atoms with Gasteiger partial charge in [-0.2, -0.15) is 0 Å². The van der Waals surface area contributed by atoms with Gasteiger partial charge in [0.05, 0.1) is 0 Å². The molecular weight excluding hydrogens is 242 g/mol. The first kappa shape index (κ1) is 296. The van der Waals surface area contributed by atoms with Crippen LogP contribution in [-0.2, 0) is 9.51 Å². The van der Waals surface area contributed by atoms with Crippen molar-refractivity contribution in [3.63, 3.8) is 0 Å². The predicted octanol–water partition coefficient (Wildman–Crippen LogP) is -13.0. The molecule has 0 aliphatic heterocycles. The third-order valence-electron chi connectivity index (χ3n) is 0.0393. The molecule has 0 aromatic rings. The SMILES string of the molecule is O.O.O.O.O.O.O.O.O.O.O=BO[O-].[Na+]. The number of rotatable bonds is 1. The van der Waals surface area contributed by atoms with E-state index in [1.807, 2.05) is 0 Å². The Morgan fingerprint density at radius 1 is 0.667 bits per heavy atom. The molecule has 13 nitrogen and oxygen atoms in total. The van der Waals surface area contributed by atoms with Crippen molar-refractivity contribution in [1.29, 1.82) is 0 Å². The zero-order valence-corrected chi connectivity index (χ0v) is 9.80. The van der Waals surface area contributed by atoms with Crippen LogP contribution in [0.15, 0.2) is 0 Å². The molecule has 102 valence electrons. The van der Waals surface area contributed by atoms with E-state index in [-0.39, 0.29) is 91.7 Å². The molecule has 0 unspecified atom stereocenters. The zero-order valence-electron chi connectivity index (χ0n) is 7.80. The van der Waals surface area contributed by atoms with Crippen molar-refractivity contribution in [1.82, 2.24) is 0 Å². The summed E-state index contributed by atoms with van der Waals surface area (Å²) in [6.07, 6.45) is 0. The molecule has 20 N–H and O–H groups in total. The molecule has 0 aliphatic carbocycles. The van der Waals surface area contributed by atoms with E-state index in [2.05, 4.69) is 4.81 Å². The van der Waals surface area contributed by atoms with Crippen LogP contribution < -0.4 is 34.8 Å². The normalized spacial score (nSPS) is 1.13. The van der Waals surface area contributed by atoms with Gasteiger partial charge in [0, 0.05) is 0 Å². The van der Waals surface area contributed by atoms with E-state index in [1.54, 1.807) is 0 Å². The number of hydrogen-bond acceptors (Lipinski definition) is 3.